The van der Waals surface area contributed by atoms with E-state index in [-0.39, 0.29) is 12.5 Å². The molecular weight excluding hydrogens is 378 g/mol. The normalized spacial score (nSPS) is 13.2. The van der Waals surface area contributed by atoms with Gasteiger partial charge in [0.1, 0.15) is 5.82 Å². The van der Waals surface area contributed by atoms with Crippen molar-refractivity contribution in [1.82, 2.24) is 14.5 Å². The van der Waals surface area contributed by atoms with Crippen molar-refractivity contribution in [2.45, 2.75) is 25.7 Å². The van der Waals surface area contributed by atoms with E-state index in [1.54, 1.807) is 41.2 Å². The number of carbonyl (C=O) groups excluding carboxylic acids is 2. The molecule has 2 heterocycles. The highest BCUT2D eigenvalue weighted by molar-refractivity contribution is 5.98. The number of hydrogen-bond acceptors (Lipinski definition) is 4. The minimum Gasteiger partial charge on any atom is -0.452 e. The number of para-hydroxylation sites is 1. The van der Waals surface area contributed by atoms with Crippen molar-refractivity contribution in [3.8, 4) is 11.4 Å². The summed E-state index contributed by atoms with van der Waals surface area (Å²) in [6.45, 7) is -0.288. The van der Waals surface area contributed by atoms with Crippen LogP contribution in [0.2, 0.25) is 0 Å². The van der Waals surface area contributed by atoms with Gasteiger partial charge in [0, 0.05) is 29.0 Å². The molecule has 5 rings (SSSR count). The van der Waals surface area contributed by atoms with Gasteiger partial charge in [-0.3, -0.25) is 9.36 Å². The molecule has 0 saturated carbocycles. The average molecular weight is 399 g/mol. The van der Waals surface area contributed by atoms with Gasteiger partial charge in [0.2, 0.25) is 0 Å². The third-order valence-electron chi connectivity index (χ3n) is 5.65. The third kappa shape index (κ3) is 3.20. The predicted octanol–water partition coefficient (Wildman–Crippen LogP) is 4.41. The Kier molecular flexibility index (Phi) is 4.67. The molecule has 150 valence electrons. The van der Waals surface area contributed by atoms with Crippen LogP contribution in [0.3, 0.4) is 0 Å². The maximum Gasteiger partial charge on any atom is 0.338 e. The predicted molar refractivity (Wildman–Crippen MR) is 114 cm³/mol. The second kappa shape index (κ2) is 7.63. The molecule has 1 N–H and O–H groups in total. The Morgan fingerprint density at radius 3 is 2.63 bits per heavy atom. The highest BCUT2D eigenvalue weighted by Gasteiger charge is 2.23. The van der Waals surface area contributed by atoms with E-state index >= 15 is 0 Å². The van der Waals surface area contributed by atoms with Gasteiger partial charge in [-0.05, 0) is 49.4 Å². The molecule has 0 fully saturated rings. The molecule has 0 radical (unpaired) electrons. The highest BCUT2D eigenvalue weighted by atomic mass is 16.5. The fourth-order valence-electron chi connectivity index (χ4n) is 4.24. The number of benzene rings is 2. The van der Waals surface area contributed by atoms with Crippen LogP contribution in [0.25, 0.3) is 22.3 Å². The van der Waals surface area contributed by atoms with Crippen LogP contribution in [0.5, 0.6) is 0 Å². The van der Waals surface area contributed by atoms with E-state index in [1.807, 2.05) is 18.2 Å². The van der Waals surface area contributed by atoms with Crippen molar-refractivity contribution in [3.05, 3.63) is 77.7 Å². The maximum atomic E-state index is 13.0. The molecule has 1 aliphatic carbocycles. The van der Waals surface area contributed by atoms with Crippen molar-refractivity contribution >= 4 is 22.8 Å². The number of aryl methyl sites for hydroxylation is 1. The van der Waals surface area contributed by atoms with Crippen molar-refractivity contribution in [2.75, 3.05) is 6.61 Å². The molecule has 2 aromatic carbocycles. The molecule has 1 aliphatic rings. The molecule has 30 heavy (non-hydrogen) atoms. The van der Waals surface area contributed by atoms with Crippen LogP contribution in [0, 0.1) is 0 Å². The summed E-state index contributed by atoms with van der Waals surface area (Å²) in [7, 11) is 0. The summed E-state index contributed by atoms with van der Waals surface area (Å²) in [4.78, 5) is 32.7. The fourth-order valence-corrected chi connectivity index (χ4v) is 4.24. The van der Waals surface area contributed by atoms with Crippen molar-refractivity contribution < 1.29 is 14.3 Å². The number of aromatic nitrogens is 3. The zero-order valence-electron chi connectivity index (χ0n) is 16.4. The first-order valence-electron chi connectivity index (χ1n) is 10.1. The first-order valence-corrected chi connectivity index (χ1v) is 10.1. The first kappa shape index (κ1) is 18.4. The lowest BCUT2D eigenvalue weighted by molar-refractivity contribution is 0.0449. The van der Waals surface area contributed by atoms with Crippen LogP contribution in [0.1, 0.15) is 39.3 Å². The zero-order valence-corrected chi connectivity index (χ0v) is 16.4. The number of hydrogen-bond donors (Lipinski definition) is 1. The number of ether oxygens (including phenoxy) is 1. The number of fused-ring (bicyclic) bond motifs is 3. The second-order valence-corrected chi connectivity index (χ2v) is 7.47. The quantitative estimate of drug-likeness (QED) is 0.516. The number of imidazole rings is 1. The molecule has 6 heteroatoms. The average Bonchev–Trinajstić information content (AvgIpc) is 3.44. The smallest absolute Gasteiger partial charge is 0.338 e. The highest BCUT2D eigenvalue weighted by Crippen LogP contribution is 2.32. The fraction of sp³-hybridized carbons (Fsp3) is 0.208. The van der Waals surface area contributed by atoms with Crippen molar-refractivity contribution in [2.24, 2.45) is 0 Å². The molecular formula is C24H21N3O3. The first-order chi connectivity index (χ1) is 14.7. The number of aromatic amines is 1. The summed E-state index contributed by atoms with van der Waals surface area (Å²) >= 11 is 0. The number of nitrogens with one attached hydrogen (secondary N) is 1. The minimum atomic E-state index is -0.514. The van der Waals surface area contributed by atoms with E-state index in [0.29, 0.717) is 5.56 Å². The van der Waals surface area contributed by atoms with Crippen molar-refractivity contribution in [1.29, 1.82) is 0 Å². The van der Waals surface area contributed by atoms with Gasteiger partial charge < -0.3 is 9.72 Å². The Labute approximate surface area is 173 Å². The maximum absolute atomic E-state index is 13.0. The third-order valence-corrected chi connectivity index (χ3v) is 5.65. The topological polar surface area (TPSA) is 77.0 Å². The number of carbonyl (C=O) groups is 2. The lowest BCUT2D eigenvalue weighted by Gasteiger charge is -2.15. The van der Waals surface area contributed by atoms with Gasteiger partial charge in [0.15, 0.2) is 6.61 Å². The Morgan fingerprint density at radius 1 is 1.03 bits per heavy atom. The monoisotopic (exact) mass is 399 g/mol. The largest absolute Gasteiger partial charge is 0.452 e. The van der Waals surface area contributed by atoms with Crippen LogP contribution < -0.4 is 0 Å². The van der Waals surface area contributed by atoms with Gasteiger partial charge in [-0.15, -0.1) is 0 Å². The Bertz CT molecular complexity index is 1220. The zero-order chi connectivity index (χ0) is 20.5. The molecule has 0 spiro atoms. The van der Waals surface area contributed by atoms with E-state index in [2.05, 4.69) is 16.0 Å². The van der Waals surface area contributed by atoms with Gasteiger partial charge in [-0.25, -0.2) is 9.78 Å². The van der Waals surface area contributed by atoms with E-state index < -0.39 is 5.97 Å². The summed E-state index contributed by atoms with van der Waals surface area (Å²) < 4.78 is 7.10. The summed E-state index contributed by atoms with van der Waals surface area (Å²) in [5.74, 6) is 0.00364. The Balaban J connectivity index is 1.34. The molecule has 0 unspecified atom stereocenters. The standard InChI is InChI=1S/C24H21N3O3/c28-22(27-20-7-3-1-5-18(20)19-6-2-4-8-21(19)27)15-30-24(29)17-11-9-16(10-12-17)23-25-13-14-26-23/h1,3,5,7,9-14H,2,4,6,8,15H2,(H,25,26). The molecule has 0 saturated heterocycles. The number of rotatable bonds is 4. The molecule has 0 amide bonds. The van der Waals surface area contributed by atoms with Gasteiger partial charge in [-0.1, -0.05) is 30.3 Å². The lowest BCUT2D eigenvalue weighted by atomic mass is 9.95. The van der Waals surface area contributed by atoms with E-state index in [0.717, 1.165) is 53.7 Å². The number of nitrogens with zero attached hydrogens (tertiary/aromatic N) is 2. The van der Waals surface area contributed by atoms with Crippen LogP contribution in [0.15, 0.2) is 60.9 Å². The molecule has 0 bridgehead atoms. The van der Waals surface area contributed by atoms with Crippen molar-refractivity contribution in [3.63, 3.8) is 0 Å². The van der Waals surface area contributed by atoms with Crippen LogP contribution in [-0.4, -0.2) is 33.0 Å². The van der Waals surface area contributed by atoms with Gasteiger partial charge >= 0.3 is 5.97 Å². The summed E-state index contributed by atoms with van der Waals surface area (Å²) in [5, 5.41) is 1.13. The summed E-state index contributed by atoms with van der Waals surface area (Å²) in [6.07, 6.45) is 7.48. The molecule has 6 nitrogen and oxygen atoms in total. The second-order valence-electron chi connectivity index (χ2n) is 7.47. The molecule has 4 aromatic rings. The lowest BCUT2D eigenvalue weighted by Crippen LogP contribution is -2.22. The van der Waals surface area contributed by atoms with Crippen LogP contribution in [-0.2, 0) is 17.6 Å². The van der Waals surface area contributed by atoms with Gasteiger partial charge in [-0.2, -0.15) is 0 Å². The molecule has 0 atom stereocenters. The minimum absolute atomic E-state index is 0.213. The van der Waals surface area contributed by atoms with E-state index in [9.17, 15) is 9.59 Å². The van der Waals surface area contributed by atoms with Crippen LogP contribution in [0.4, 0.5) is 0 Å². The summed E-state index contributed by atoms with van der Waals surface area (Å²) in [5.41, 5.74) is 4.49. The Morgan fingerprint density at radius 2 is 1.83 bits per heavy atom. The number of esters is 1. The molecule has 2 aromatic heterocycles. The van der Waals surface area contributed by atoms with Crippen LogP contribution >= 0.6 is 0 Å². The van der Waals surface area contributed by atoms with E-state index in [4.69, 9.17) is 4.74 Å². The number of H-pyrrole nitrogens is 1. The Hall–Kier alpha value is -3.67. The SMILES string of the molecule is O=C(OCC(=O)n1c2c(c3ccccc31)CCCC2)c1ccc(-c2ncc[nH]2)cc1. The summed E-state index contributed by atoms with van der Waals surface area (Å²) in [6, 6.07) is 14.9. The van der Waals surface area contributed by atoms with Gasteiger partial charge in [0.25, 0.3) is 5.91 Å². The van der Waals surface area contributed by atoms with E-state index in [1.165, 1.54) is 5.56 Å². The van der Waals surface area contributed by atoms with Gasteiger partial charge in [0.05, 0.1) is 11.1 Å². The molecule has 0 aliphatic heterocycles.